The standard InChI is InChI=1S/C7H16N2/c1-7(9)4-2-3-6(8)5-7/h6H,2-5,8-9H2,1H3/t6-,7+/m1/s1. The Morgan fingerprint density at radius 1 is 1.56 bits per heavy atom. The molecule has 0 heterocycles. The topological polar surface area (TPSA) is 52.0 Å². The van der Waals surface area contributed by atoms with Crippen LogP contribution in [0.3, 0.4) is 0 Å². The summed E-state index contributed by atoms with van der Waals surface area (Å²) < 4.78 is 0. The van der Waals surface area contributed by atoms with Gasteiger partial charge in [0.1, 0.15) is 0 Å². The normalized spacial score (nSPS) is 45.0. The molecule has 9 heavy (non-hydrogen) atoms. The molecule has 0 aromatic heterocycles. The maximum absolute atomic E-state index is 5.89. The third-order valence-electron chi connectivity index (χ3n) is 2.05. The zero-order valence-corrected chi connectivity index (χ0v) is 6.06. The molecule has 2 nitrogen and oxygen atoms in total. The fourth-order valence-corrected chi connectivity index (χ4v) is 1.57. The summed E-state index contributed by atoms with van der Waals surface area (Å²) in [6.07, 6.45) is 4.49. The minimum atomic E-state index is 0.0255. The highest BCUT2D eigenvalue weighted by molar-refractivity contribution is 4.87. The van der Waals surface area contributed by atoms with Gasteiger partial charge in [-0.05, 0) is 26.2 Å². The maximum Gasteiger partial charge on any atom is 0.0140 e. The van der Waals surface area contributed by atoms with Crippen LogP contribution in [0, 0.1) is 0 Å². The lowest BCUT2D eigenvalue weighted by atomic mass is 9.82. The van der Waals surface area contributed by atoms with Crippen molar-refractivity contribution in [2.75, 3.05) is 0 Å². The first-order valence-corrected chi connectivity index (χ1v) is 3.65. The van der Waals surface area contributed by atoms with Crippen molar-refractivity contribution >= 4 is 0 Å². The van der Waals surface area contributed by atoms with E-state index in [2.05, 4.69) is 6.92 Å². The second-order valence-corrected chi connectivity index (χ2v) is 3.51. The first-order valence-electron chi connectivity index (χ1n) is 3.65. The third-order valence-corrected chi connectivity index (χ3v) is 2.05. The van der Waals surface area contributed by atoms with Crippen LogP contribution in [0.15, 0.2) is 0 Å². The minimum Gasteiger partial charge on any atom is -0.328 e. The van der Waals surface area contributed by atoms with Crippen LogP contribution in [-0.4, -0.2) is 11.6 Å². The van der Waals surface area contributed by atoms with Gasteiger partial charge in [0.05, 0.1) is 0 Å². The molecule has 2 atom stereocenters. The average molecular weight is 128 g/mol. The van der Waals surface area contributed by atoms with Gasteiger partial charge in [-0.2, -0.15) is 0 Å². The minimum absolute atomic E-state index is 0.0255. The molecule has 54 valence electrons. The molecule has 4 N–H and O–H groups in total. The highest BCUT2D eigenvalue weighted by atomic mass is 14.8. The second kappa shape index (κ2) is 2.27. The molecule has 1 aliphatic carbocycles. The van der Waals surface area contributed by atoms with E-state index in [0.717, 1.165) is 19.3 Å². The summed E-state index contributed by atoms with van der Waals surface area (Å²) in [4.78, 5) is 0. The highest BCUT2D eigenvalue weighted by Gasteiger charge is 2.25. The largest absolute Gasteiger partial charge is 0.328 e. The third kappa shape index (κ3) is 1.95. The van der Waals surface area contributed by atoms with Crippen LogP contribution in [0.4, 0.5) is 0 Å². The van der Waals surface area contributed by atoms with Crippen LogP contribution >= 0.6 is 0 Å². The molecular weight excluding hydrogens is 112 g/mol. The van der Waals surface area contributed by atoms with Crippen molar-refractivity contribution in [3.63, 3.8) is 0 Å². The summed E-state index contributed by atoms with van der Waals surface area (Å²) >= 11 is 0. The van der Waals surface area contributed by atoms with Crippen molar-refractivity contribution in [3.05, 3.63) is 0 Å². The van der Waals surface area contributed by atoms with E-state index in [0.29, 0.717) is 6.04 Å². The van der Waals surface area contributed by atoms with E-state index in [1.54, 1.807) is 0 Å². The molecule has 0 unspecified atom stereocenters. The monoisotopic (exact) mass is 128 g/mol. The second-order valence-electron chi connectivity index (χ2n) is 3.51. The summed E-state index contributed by atoms with van der Waals surface area (Å²) in [5.74, 6) is 0. The van der Waals surface area contributed by atoms with Crippen molar-refractivity contribution in [1.29, 1.82) is 0 Å². The van der Waals surface area contributed by atoms with Gasteiger partial charge in [0.15, 0.2) is 0 Å². The van der Waals surface area contributed by atoms with E-state index in [9.17, 15) is 0 Å². The predicted octanol–water partition coefficient (Wildman–Crippen LogP) is 0.605. The van der Waals surface area contributed by atoms with Gasteiger partial charge in [-0.25, -0.2) is 0 Å². The Labute approximate surface area is 56.6 Å². The lowest BCUT2D eigenvalue weighted by molar-refractivity contribution is 0.292. The Hall–Kier alpha value is -0.0800. The number of hydrogen-bond acceptors (Lipinski definition) is 2. The predicted molar refractivity (Wildman–Crippen MR) is 39.0 cm³/mol. The van der Waals surface area contributed by atoms with Crippen LogP contribution < -0.4 is 11.5 Å². The van der Waals surface area contributed by atoms with Crippen molar-refractivity contribution < 1.29 is 0 Å². The van der Waals surface area contributed by atoms with Crippen LogP contribution in [0.5, 0.6) is 0 Å². The van der Waals surface area contributed by atoms with E-state index in [1.807, 2.05) is 0 Å². The van der Waals surface area contributed by atoms with E-state index in [1.165, 1.54) is 6.42 Å². The molecule has 0 spiro atoms. The van der Waals surface area contributed by atoms with Gasteiger partial charge in [0, 0.05) is 11.6 Å². The molecule has 2 heteroatoms. The summed E-state index contributed by atoms with van der Waals surface area (Å²) in [6, 6.07) is 0.355. The lowest BCUT2D eigenvalue weighted by Gasteiger charge is -2.32. The van der Waals surface area contributed by atoms with Gasteiger partial charge in [-0.15, -0.1) is 0 Å². The summed E-state index contributed by atoms with van der Waals surface area (Å²) in [7, 11) is 0. The highest BCUT2D eigenvalue weighted by Crippen LogP contribution is 2.23. The average Bonchev–Trinajstić information content (AvgIpc) is 1.60. The molecule has 0 saturated heterocycles. The zero-order chi connectivity index (χ0) is 6.91. The van der Waals surface area contributed by atoms with E-state index >= 15 is 0 Å². The van der Waals surface area contributed by atoms with Gasteiger partial charge in [-0.1, -0.05) is 6.42 Å². The Morgan fingerprint density at radius 2 is 2.22 bits per heavy atom. The van der Waals surface area contributed by atoms with Gasteiger partial charge in [0.2, 0.25) is 0 Å². The van der Waals surface area contributed by atoms with Crippen molar-refractivity contribution in [2.45, 2.75) is 44.2 Å². The summed E-state index contributed by atoms with van der Waals surface area (Å²) in [6.45, 7) is 2.09. The van der Waals surface area contributed by atoms with Gasteiger partial charge >= 0.3 is 0 Å². The fourth-order valence-electron chi connectivity index (χ4n) is 1.57. The Balaban J connectivity index is 2.41. The molecule has 0 bridgehead atoms. The number of nitrogens with two attached hydrogens (primary N) is 2. The molecule has 1 fully saturated rings. The molecule has 0 amide bonds. The Morgan fingerprint density at radius 3 is 2.56 bits per heavy atom. The Kier molecular flexibility index (Phi) is 1.78. The SMILES string of the molecule is C[C@]1(N)CCC[C@@H](N)C1. The van der Waals surface area contributed by atoms with Crippen molar-refractivity contribution in [2.24, 2.45) is 11.5 Å². The van der Waals surface area contributed by atoms with Crippen LogP contribution in [0.25, 0.3) is 0 Å². The van der Waals surface area contributed by atoms with Gasteiger partial charge < -0.3 is 11.5 Å². The molecule has 0 aromatic carbocycles. The van der Waals surface area contributed by atoms with Gasteiger partial charge in [-0.3, -0.25) is 0 Å². The first kappa shape index (κ1) is 7.03. The molecule has 1 aliphatic rings. The Bertz CT molecular complexity index is 99.1. The molecule has 0 radical (unpaired) electrons. The summed E-state index contributed by atoms with van der Waals surface area (Å²) in [5.41, 5.74) is 11.6. The number of rotatable bonds is 0. The molecule has 1 rings (SSSR count). The van der Waals surface area contributed by atoms with E-state index < -0.39 is 0 Å². The lowest BCUT2D eigenvalue weighted by Crippen LogP contribution is -2.45. The van der Waals surface area contributed by atoms with Crippen molar-refractivity contribution in [3.8, 4) is 0 Å². The quantitative estimate of drug-likeness (QED) is 0.502. The van der Waals surface area contributed by atoms with Gasteiger partial charge in [0.25, 0.3) is 0 Å². The first-order chi connectivity index (χ1) is 4.10. The van der Waals surface area contributed by atoms with E-state index in [4.69, 9.17) is 11.5 Å². The van der Waals surface area contributed by atoms with Crippen molar-refractivity contribution in [1.82, 2.24) is 0 Å². The molecule has 0 aromatic rings. The van der Waals surface area contributed by atoms with E-state index in [-0.39, 0.29) is 5.54 Å². The molecule has 1 saturated carbocycles. The number of hydrogen-bond donors (Lipinski definition) is 2. The van der Waals surface area contributed by atoms with Crippen LogP contribution in [0.1, 0.15) is 32.6 Å². The maximum atomic E-state index is 5.89. The summed E-state index contributed by atoms with van der Waals surface area (Å²) in [5, 5.41) is 0. The van der Waals surface area contributed by atoms with Crippen LogP contribution in [0.2, 0.25) is 0 Å². The molecular formula is C7H16N2. The fraction of sp³-hybridized carbons (Fsp3) is 1.00. The van der Waals surface area contributed by atoms with Crippen LogP contribution in [-0.2, 0) is 0 Å². The molecule has 0 aliphatic heterocycles. The zero-order valence-electron chi connectivity index (χ0n) is 6.06. The smallest absolute Gasteiger partial charge is 0.0140 e.